The fraction of sp³-hybridized carbons (Fsp3) is 0.571. The van der Waals surface area contributed by atoms with E-state index in [2.05, 4.69) is 6.92 Å². The lowest BCUT2D eigenvalue weighted by Gasteiger charge is -2.22. The first-order chi connectivity index (χ1) is 8.87. The van der Waals surface area contributed by atoms with Gasteiger partial charge in [-0.25, -0.2) is 8.42 Å². The van der Waals surface area contributed by atoms with Crippen molar-refractivity contribution in [1.29, 1.82) is 0 Å². The number of sulfonamides is 1. The molecule has 0 N–H and O–H groups in total. The van der Waals surface area contributed by atoms with Crippen molar-refractivity contribution in [2.24, 2.45) is 5.92 Å². The monoisotopic (exact) mass is 301 g/mol. The molecule has 0 amide bonds. The first-order valence-corrected chi connectivity index (χ1v) is 8.51. The summed E-state index contributed by atoms with van der Waals surface area (Å²) in [5.41, 5.74) is 1.65. The van der Waals surface area contributed by atoms with Crippen molar-refractivity contribution in [2.75, 3.05) is 6.54 Å². The number of halogens is 1. The molecule has 2 rings (SSSR count). The van der Waals surface area contributed by atoms with E-state index >= 15 is 0 Å². The number of alkyl halides is 1. The zero-order valence-corrected chi connectivity index (χ0v) is 13.1. The Morgan fingerprint density at radius 2 is 2.05 bits per heavy atom. The van der Waals surface area contributed by atoms with Crippen LogP contribution >= 0.6 is 11.6 Å². The molecule has 0 aromatic heterocycles. The van der Waals surface area contributed by atoms with Crippen molar-refractivity contribution in [2.45, 2.75) is 44.0 Å². The minimum atomic E-state index is -3.41. The van der Waals surface area contributed by atoms with Crippen LogP contribution in [-0.2, 0) is 15.9 Å². The SMILES string of the molecule is Cc1c(CCl)cccc1S(=O)(=O)N1CC(C)CC1C. The molecule has 2 atom stereocenters. The molecule has 1 aromatic rings. The highest BCUT2D eigenvalue weighted by atomic mass is 35.5. The molecule has 2 unspecified atom stereocenters. The van der Waals surface area contributed by atoms with Crippen LogP contribution < -0.4 is 0 Å². The standard InChI is InChI=1S/C14H20ClNO2S/c1-10-7-11(2)16(9-10)19(17,18)14-6-4-5-13(8-15)12(14)3/h4-6,10-11H,7-9H2,1-3H3. The van der Waals surface area contributed by atoms with Gasteiger partial charge in [0.05, 0.1) is 4.90 Å². The maximum Gasteiger partial charge on any atom is 0.243 e. The van der Waals surface area contributed by atoms with Crippen LogP contribution in [0.1, 0.15) is 31.4 Å². The largest absolute Gasteiger partial charge is 0.243 e. The molecule has 0 aliphatic carbocycles. The molecular formula is C14H20ClNO2S. The van der Waals surface area contributed by atoms with E-state index < -0.39 is 10.0 Å². The van der Waals surface area contributed by atoms with E-state index in [9.17, 15) is 8.42 Å². The number of hydrogen-bond acceptors (Lipinski definition) is 2. The van der Waals surface area contributed by atoms with Crippen molar-refractivity contribution in [1.82, 2.24) is 4.31 Å². The van der Waals surface area contributed by atoms with Crippen LogP contribution in [0.5, 0.6) is 0 Å². The van der Waals surface area contributed by atoms with Gasteiger partial charge < -0.3 is 0 Å². The first-order valence-electron chi connectivity index (χ1n) is 6.54. The van der Waals surface area contributed by atoms with Crippen LogP contribution in [0.25, 0.3) is 0 Å². The smallest absolute Gasteiger partial charge is 0.207 e. The third kappa shape index (κ3) is 2.67. The highest BCUT2D eigenvalue weighted by Gasteiger charge is 2.36. The van der Waals surface area contributed by atoms with Crippen LogP contribution in [0, 0.1) is 12.8 Å². The predicted molar refractivity (Wildman–Crippen MR) is 77.9 cm³/mol. The van der Waals surface area contributed by atoms with E-state index in [1.807, 2.05) is 19.9 Å². The summed E-state index contributed by atoms with van der Waals surface area (Å²) in [7, 11) is -3.41. The van der Waals surface area contributed by atoms with Gasteiger partial charge >= 0.3 is 0 Å². The number of hydrogen-bond donors (Lipinski definition) is 0. The molecular weight excluding hydrogens is 282 g/mol. The molecule has 3 nitrogen and oxygen atoms in total. The summed E-state index contributed by atoms with van der Waals surface area (Å²) in [5.74, 6) is 0.752. The Hall–Kier alpha value is -0.580. The highest BCUT2D eigenvalue weighted by molar-refractivity contribution is 7.89. The molecule has 0 saturated carbocycles. The van der Waals surface area contributed by atoms with E-state index in [0.717, 1.165) is 17.5 Å². The Morgan fingerprint density at radius 1 is 1.37 bits per heavy atom. The van der Waals surface area contributed by atoms with Crippen LogP contribution in [0.2, 0.25) is 0 Å². The van der Waals surface area contributed by atoms with Crippen molar-refractivity contribution in [3.63, 3.8) is 0 Å². The van der Waals surface area contributed by atoms with Gasteiger partial charge in [0.1, 0.15) is 0 Å². The molecule has 106 valence electrons. The number of benzene rings is 1. The van der Waals surface area contributed by atoms with Gasteiger partial charge in [0, 0.05) is 18.5 Å². The molecule has 1 heterocycles. The quantitative estimate of drug-likeness (QED) is 0.804. The van der Waals surface area contributed by atoms with Crippen LogP contribution in [-0.4, -0.2) is 25.3 Å². The Kier molecular flexibility index (Phi) is 4.23. The Balaban J connectivity index is 2.46. The summed E-state index contributed by atoms with van der Waals surface area (Å²) in [6.07, 6.45) is 0.924. The molecule has 19 heavy (non-hydrogen) atoms. The van der Waals surface area contributed by atoms with Crippen molar-refractivity contribution in [3.05, 3.63) is 29.3 Å². The van der Waals surface area contributed by atoms with Crippen molar-refractivity contribution < 1.29 is 8.42 Å². The molecule has 1 aliphatic rings. The second-order valence-electron chi connectivity index (χ2n) is 5.44. The minimum absolute atomic E-state index is 0.0686. The van der Waals surface area contributed by atoms with E-state index in [4.69, 9.17) is 11.6 Å². The molecule has 0 bridgehead atoms. The summed E-state index contributed by atoms with van der Waals surface area (Å²) in [6, 6.07) is 5.38. The lowest BCUT2D eigenvalue weighted by Crippen LogP contribution is -2.34. The van der Waals surface area contributed by atoms with E-state index in [0.29, 0.717) is 23.2 Å². The third-order valence-electron chi connectivity index (χ3n) is 3.85. The summed E-state index contributed by atoms with van der Waals surface area (Å²) < 4.78 is 27.1. The Morgan fingerprint density at radius 3 is 2.58 bits per heavy atom. The van der Waals surface area contributed by atoms with Crippen molar-refractivity contribution >= 4 is 21.6 Å². The molecule has 5 heteroatoms. The molecule has 1 aliphatic heterocycles. The average Bonchev–Trinajstić information content (AvgIpc) is 2.69. The molecule has 1 saturated heterocycles. The van der Waals surface area contributed by atoms with Gasteiger partial charge in [-0.05, 0) is 43.4 Å². The average molecular weight is 302 g/mol. The summed E-state index contributed by atoms with van der Waals surface area (Å²) in [6.45, 7) is 6.50. The van der Waals surface area contributed by atoms with Crippen molar-refractivity contribution in [3.8, 4) is 0 Å². The third-order valence-corrected chi connectivity index (χ3v) is 6.27. The lowest BCUT2D eigenvalue weighted by atomic mass is 10.1. The second kappa shape index (κ2) is 5.43. The highest BCUT2D eigenvalue weighted by Crippen LogP contribution is 2.31. The zero-order valence-electron chi connectivity index (χ0n) is 11.6. The van der Waals surface area contributed by atoms with Gasteiger partial charge in [0.25, 0.3) is 0 Å². The fourth-order valence-electron chi connectivity index (χ4n) is 2.81. The normalized spacial score (nSPS) is 24.8. The molecule has 1 fully saturated rings. The molecule has 1 aromatic carbocycles. The van der Waals surface area contributed by atoms with Gasteiger partial charge in [0.15, 0.2) is 0 Å². The number of rotatable bonds is 3. The Bertz CT molecular complexity index is 571. The maximum atomic E-state index is 12.8. The van der Waals surface area contributed by atoms with Gasteiger partial charge in [-0.3, -0.25) is 0 Å². The molecule has 0 spiro atoms. The topological polar surface area (TPSA) is 37.4 Å². The lowest BCUT2D eigenvalue weighted by molar-refractivity contribution is 0.405. The van der Waals surface area contributed by atoms with E-state index in [-0.39, 0.29) is 6.04 Å². The van der Waals surface area contributed by atoms with Gasteiger partial charge in [-0.1, -0.05) is 19.1 Å². The van der Waals surface area contributed by atoms with Crippen LogP contribution in [0.3, 0.4) is 0 Å². The van der Waals surface area contributed by atoms with Gasteiger partial charge in [-0.15, -0.1) is 11.6 Å². The van der Waals surface area contributed by atoms with Gasteiger partial charge in [-0.2, -0.15) is 4.31 Å². The molecule has 0 radical (unpaired) electrons. The van der Waals surface area contributed by atoms with E-state index in [1.54, 1.807) is 16.4 Å². The summed E-state index contributed by atoms with van der Waals surface area (Å²) in [5, 5.41) is 0. The maximum absolute atomic E-state index is 12.8. The fourth-order valence-corrected chi connectivity index (χ4v) is 5.13. The number of nitrogens with zero attached hydrogens (tertiary/aromatic N) is 1. The van der Waals surface area contributed by atoms with E-state index in [1.165, 1.54) is 0 Å². The van der Waals surface area contributed by atoms with Gasteiger partial charge in [0.2, 0.25) is 10.0 Å². The predicted octanol–water partition coefficient (Wildman–Crippen LogP) is 3.15. The van der Waals surface area contributed by atoms with Crippen LogP contribution in [0.4, 0.5) is 0 Å². The first kappa shape index (κ1) is 14.8. The minimum Gasteiger partial charge on any atom is -0.207 e. The Labute approximate surface area is 120 Å². The summed E-state index contributed by atoms with van der Waals surface area (Å²) in [4.78, 5) is 0.395. The zero-order chi connectivity index (χ0) is 14.2. The van der Waals surface area contributed by atoms with Crippen LogP contribution in [0.15, 0.2) is 23.1 Å². The summed E-state index contributed by atoms with van der Waals surface area (Å²) >= 11 is 5.86. The second-order valence-corrected chi connectivity index (χ2v) is 7.56.